The molecule has 31 heavy (non-hydrogen) atoms. The number of nitrogens with zero attached hydrogens (tertiary/aromatic N) is 2. The maximum Gasteiger partial charge on any atom is 0.318 e. The fourth-order valence-corrected chi connectivity index (χ4v) is 4.84. The summed E-state index contributed by atoms with van der Waals surface area (Å²) < 4.78 is 5.19. The molecule has 1 heterocycles. The number of likely N-dealkylation sites (tertiary alicyclic amines) is 1. The minimum absolute atomic E-state index is 0.0557. The molecule has 1 N–H and O–H groups in total. The lowest BCUT2D eigenvalue weighted by Gasteiger charge is -2.48. The van der Waals surface area contributed by atoms with Gasteiger partial charge in [-0.25, -0.2) is 4.79 Å². The van der Waals surface area contributed by atoms with Crippen molar-refractivity contribution >= 4 is 29.2 Å². The van der Waals surface area contributed by atoms with Crippen LogP contribution in [0, 0.1) is 5.41 Å². The molecule has 2 rings (SSSR count). The highest BCUT2D eigenvalue weighted by atomic mass is 35.5. The first kappa shape index (κ1) is 25.6. The lowest BCUT2D eigenvalue weighted by Crippen LogP contribution is -2.58. The molecule has 0 bridgehead atoms. The summed E-state index contributed by atoms with van der Waals surface area (Å²) in [6, 6.07) is 5.15. The fraction of sp³-hybridized carbons (Fsp3) is 0.542. The normalized spacial score (nSPS) is 20.1. The third-order valence-corrected chi connectivity index (χ3v) is 6.71. The van der Waals surface area contributed by atoms with Crippen molar-refractivity contribution in [3.63, 3.8) is 0 Å². The number of carbonyl (C=O) groups is 1. The molecule has 5 nitrogen and oxygen atoms in total. The first-order chi connectivity index (χ1) is 14.5. The van der Waals surface area contributed by atoms with E-state index >= 15 is 0 Å². The molecule has 1 saturated heterocycles. The van der Waals surface area contributed by atoms with E-state index in [0.29, 0.717) is 22.3 Å². The van der Waals surface area contributed by atoms with Gasteiger partial charge in [0.05, 0.1) is 23.2 Å². The second-order valence-electron chi connectivity index (χ2n) is 9.13. The monoisotopic (exact) mass is 467 g/mol. The van der Waals surface area contributed by atoms with E-state index in [2.05, 4.69) is 37.7 Å². The summed E-state index contributed by atoms with van der Waals surface area (Å²) >= 11 is 12.6. The average Bonchev–Trinajstić information content (AvgIpc) is 2.67. The Hall–Kier alpha value is -1.69. The van der Waals surface area contributed by atoms with Gasteiger partial charge < -0.3 is 19.9 Å². The van der Waals surface area contributed by atoms with Crippen LogP contribution in [0.2, 0.25) is 10.0 Å². The van der Waals surface area contributed by atoms with Crippen molar-refractivity contribution in [1.29, 1.82) is 0 Å². The largest absolute Gasteiger partial charge is 0.497 e. The van der Waals surface area contributed by atoms with Gasteiger partial charge in [-0.3, -0.25) is 0 Å². The number of urea groups is 1. The summed E-state index contributed by atoms with van der Waals surface area (Å²) in [5, 5.41) is 4.08. The zero-order valence-electron chi connectivity index (χ0n) is 19.5. The molecule has 172 valence electrons. The first-order valence-corrected chi connectivity index (χ1v) is 11.3. The van der Waals surface area contributed by atoms with Crippen molar-refractivity contribution in [2.45, 2.75) is 46.2 Å². The molecule has 1 aromatic rings. The van der Waals surface area contributed by atoms with Gasteiger partial charge in [0.15, 0.2) is 0 Å². The van der Waals surface area contributed by atoms with Gasteiger partial charge in [0, 0.05) is 19.1 Å². The Morgan fingerprint density at radius 2 is 2.13 bits per heavy atom. The van der Waals surface area contributed by atoms with Crippen LogP contribution >= 0.6 is 23.2 Å². The van der Waals surface area contributed by atoms with Crippen molar-refractivity contribution in [2.75, 3.05) is 33.8 Å². The van der Waals surface area contributed by atoms with Gasteiger partial charge in [-0.2, -0.15) is 0 Å². The molecule has 1 aromatic carbocycles. The highest BCUT2D eigenvalue weighted by Gasteiger charge is 2.40. The number of carbonyl (C=O) groups excluding carboxylic acids is 1. The molecule has 0 radical (unpaired) electrons. The van der Waals surface area contributed by atoms with Gasteiger partial charge in [0.1, 0.15) is 5.76 Å². The number of allylic oxidation sites excluding steroid dienone is 1. The number of methoxy groups -OCH3 is 1. The molecule has 2 unspecified atom stereocenters. The molecular formula is C24H35Cl2N3O2. The Bertz CT molecular complexity index is 838. The second-order valence-corrected chi connectivity index (χ2v) is 9.92. The van der Waals surface area contributed by atoms with E-state index in [1.54, 1.807) is 13.2 Å². The molecule has 1 aliphatic heterocycles. The highest BCUT2D eigenvalue weighted by Crippen LogP contribution is 2.34. The van der Waals surface area contributed by atoms with Gasteiger partial charge in [-0.1, -0.05) is 61.3 Å². The molecule has 0 spiro atoms. The summed E-state index contributed by atoms with van der Waals surface area (Å²) in [5.74, 6) is 0.569. The van der Waals surface area contributed by atoms with E-state index < -0.39 is 0 Å². The SMILES string of the molecule is C=C(C=C(C)CN(C(=O)NC(C)c1cccc(Cl)c1Cl)C1CCN(C)CC1(C)C)OC. The van der Waals surface area contributed by atoms with Crippen LogP contribution in [0.1, 0.15) is 45.7 Å². The Balaban J connectivity index is 2.30. The summed E-state index contributed by atoms with van der Waals surface area (Å²) in [5.41, 5.74) is 1.75. The van der Waals surface area contributed by atoms with Gasteiger partial charge >= 0.3 is 6.03 Å². The predicted octanol–water partition coefficient (Wildman–Crippen LogP) is 5.90. The Labute approximate surface area is 197 Å². The molecule has 0 saturated carbocycles. The van der Waals surface area contributed by atoms with Crippen molar-refractivity contribution in [3.05, 3.63) is 57.8 Å². The smallest absolute Gasteiger partial charge is 0.318 e. The van der Waals surface area contributed by atoms with Gasteiger partial charge in [0.25, 0.3) is 0 Å². The predicted molar refractivity (Wildman–Crippen MR) is 130 cm³/mol. The van der Waals surface area contributed by atoms with Gasteiger partial charge in [-0.15, -0.1) is 0 Å². The maximum atomic E-state index is 13.5. The van der Waals surface area contributed by atoms with Crippen LogP contribution in [-0.4, -0.2) is 55.7 Å². The Morgan fingerprint density at radius 1 is 1.45 bits per heavy atom. The van der Waals surface area contributed by atoms with Gasteiger partial charge in [-0.05, 0) is 57.0 Å². The van der Waals surface area contributed by atoms with Crippen molar-refractivity contribution in [2.24, 2.45) is 5.41 Å². The summed E-state index contributed by atoms with van der Waals surface area (Å²) in [4.78, 5) is 17.8. The standard InChI is InChI=1S/C24H35Cl2N3O2/c1-16(13-17(2)31-7)14-29(21-11-12-28(6)15-24(21,4)5)23(30)27-18(3)19-9-8-10-20(25)22(19)26/h8-10,13,18,21H,2,11-12,14-15H2,1,3-7H3,(H,27,30). The van der Waals surface area contributed by atoms with Gasteiger partial charge in [0.2, 0.25) is 0 Å². The number of amides is 2. The molecule has 2 amide bonds. The van der Waals surface area contributed by atoms with E-state index in [-0.39, 0.29) is 23.5 Å². The van der Waals surface area contributed by atoms with E-state index in [1.807, 2.05) is 37.0 Å². The second kappa shape index (κ2) is 10.8. The lowest BCUT2D eigenvalue weighted by atomic mass is 9.78. The van der Waals surface area contributed by atoms with Crippen LogP contribution in [0.25, 0.3) is 0 Å². The Morgan fingerprint density at radius 3 is 2.74 bits per heavy atom. The van der Waals surface area contributed by atoms with Crippen LogP contribution in [0.15, 0.2) is 42.2 Å². The highest BCUT2D eigenvalue weighted by molar-refractivity contribution is 6.42. The molecule has 2 atom stereocenters. The molecule has 0 aromatic heterocycles. The number of hydrogen-bond donors (Lipinski definition) is 1. The van der Waals surface area contributed by atoms with E-state index in [4.69, 9.17) is 27.9 Å². The van der Waals surface area contributed by atoms with Crippen LogP contribution in [-0.2, 0) is 4.74 Å². The zero-order valence-corrected chi connectivity index (χ0v) is 21.0. The first-order valence-electron chi connectivity index (χ1n) is 10.6. The Kier molecular flexibility index (Phi) is 8.87. The van der Waals surface area contributed by atoms with Crippen LogP contribution in [0.5, 0.6) is 0 Å². The van der Waals surface area contributed by atoms with Crippen molar-refractivity contribution < 1.29 is 9.53 Å². The minimum Gasteiger partial charge on any atom is -0.497 e. The number of hydrogen-bond acceptors (Lipinski definition) is 3. The van der Waals surface area contributed by atoms with Crippen LogP contribution < -0.4 is 5.32 Å². The number of ether oxygens (including phenoxy) is 1. The number of piperidine rings is 1. The fourth-order valence-electron chi connectivity index (χ4n) is 4.36. The van der Waals surface area contributed by atoms with E-state index in [9.17, 15) is 4.79 Å². The third-order valence-electron chi connectivity index (χ3n) is 5.88. The lowest BCUT2D eigenvalue weighted by molar-refractivity contribution is 0.0373. The van der Waals surface area contributed by atoms with Crippen LogP contribution in [0.3, 0.4) is 0 Å². The molecule has 1 fully saturated rings. The van der Waals surface area contributed by atoms with E-state index in [0.717, 1.165) is 30.6 Å². The van der Waals surface area contributed by atoms with E-state index in [1.165, 1.54) is 0 Å². The molecule has 1 aliphatic rings. The molecular weight excluding hydrogens is 433 g/mol. The number of halogens is 2. The number of benzene rings is 1. The number of nitrogens with one attached hydrogen (secondary N) is 1. The van der Waals surface area contributed by atoms with Crippen molar-refractivity contribution in [3.8, 4) is 0 Å². The van der Waals surface area contributed by atoms with Crippen LogP contribution in [0.4, 0.5) is 4.79 Å². The topological polar surface area (TPSA) is 44.8 Å². The minimum atomic E-state index is -0.284. The molecule has 0 aliphatic carbocycles. The summed E-state index contributed by atoms with van der Waals surface area (Å²) in [6.07, 6.45) is 2.78. The summed E-state index contributed by atoms with van der Waals surface area (Å²) in [7, 11) is 3.71. The summed E-state index contributed by atoms with van der Waals surface area (Å²) in [6.45, 7) is 14.6. The quantitative estimate of drug-likeness (QED) is 0.400. The van der Waals surface area contributed by atoms with Crippen molar-refractivity contribution in [1.82, 2.24) is 15.1 Å². The maximum absolute atomic E-state index is 13.5. The third kappa shape index (κ3) is 6.64. The zero-order chi connectivity index (χ0) is 23.3. The molecule has 7 heteroatoms. The average molecular weight is 468 g/mol. The number of rotatable bonds is 7.